The first-order valence-corrected chi connectivity index (χ1v) is 5.92. The van der Waals surface area contributed by atoms with E-state index < -0.39 is 0 Å². The molecule has 0 spiro atoms. The number of hydrogen-bond donors (Lipinski definition) is 1. The van der Waals surface area contributed by atoms with Gasteiger partial charge in [0.05, 0.1) is 6.04 Å². The highest BCUT2D eigenvalue weighted by Gasteiger charge is 2.22. The number of hydrogen-bond acceptors (Lipinski definition) is 2. The van der Waals surface area contributed by atoms with Crippen molar-refractivity contribution < 1.29 is 4.74 Å². The van der Waals surface area contributed by atoms with Gasteiger partial charge in [0.25, 0.3) is 0 Å². The smallest absolute Gasteiger partial charge is 0.124 e. The Bertz CT molecular complexity index is 495. The van der Waals surface area contributed by atoms with Gasteiger partial charge in [0, 0.05) is 12.1 Å². The first kappa shape index (κ1) is 10.4. The molecule has 0 aliphatic carbocycles. The normalized spacial score (nSPS) is 17.5. The summed E-state index contributed by atoms with van der Waals surface area (Å²) in [5.74, 6) is 1.01. The Balaban J connectivity index is 1.68. The minimum atomic E-state index is 0.311. The Morgan fingerprint density at radius 3 is 2.65 bits per heavy atom. The summed E-state index contributed by atoms with van der Waals surface area (Å²) in [4.78, 5) is 0. The van der Waals surface area contributed by atoms with Gasteiger partial charge in [-0.2, -0.15) is 0 Å². The molecule has 0 aromatic heterocycles. The van der Waals surface area contributed by atoms with Crippen molar-refractivity contribution in [3.63, 3.8) is 0 Å². The summed E-state index contributed by atoms with van der Waals surface area (Å²) in [6.07, 6.45) is 0. The van der Waals surface area contributed by atoms with Gasteiger partial charge >= 0.3 is 0 Å². The molecule has 2 aromatic rings. The van der Waals surface area contributed by atoms with E-state index in [2.05, 4.69) is 41.7 Å². The predicted octanol–water partition coefficient (Wildman–Crippen LogP) is 2.91. The van der Waals surface area contributed by atoms with Gasteiger partial charge in [0.15, 0.2) is 0 Å². The summed E-state index contributed by atoms with van der Waals surface area (Å²) in [7, 11) is 0. The molecule has 3 rings (SSSR count). The van der Waals surface area contributed by atoms with Crippen molar-refractivity contribution in [3.05, 3.63) is 65.7 Å². The average Bonchev–Trinajstić information content (AvgIpc) is 2.81. The summed E-state index contributed by atoms with van der Waals surface area (Å²) >= 11 is 0. The van der Waals surface area contributed by atoms with Gasteiger partial charge in [-0.15, -0.1) is 0 Å². The third-order valence-corrected chi connectivity index (χ3v) is 3.10. The molecule has 1 aliphatic rings. The van der Waals surface area contributed by atoms with Crippen LogP contribution in [-0.4, -0.2) is 6.61 Å². The van der Waals surface area contributed by atoms with Crippen molar-refractivity contribution in [2.24, 2.45) is 0 Å². The summed E-state index contributed by atoms with van der Waals surface area (Å²) in [6.45, 7) is 1.61. The van der Waals surface area contributed by atoms with Crippen LogP contribution in [-0.2, 0) is 6.54 Å². The van der Waals surface area contributed by atoms with Crippen molar-refractivity contribution >= 4 is 0 Å². The van der Waals surface area contributed by atoms with Gasteiger partial charge in [-0.05, 0) is 11.6 Å². The van der Waals surface area contributed by atoms with E-state index in [1.807, 2.05) is 18.2 Å². The Hall–Kier alpha value is -1.80. The molecule has 1 aliphatic heterocycles. The van der Waals surface area contributed by atoms with Crippen LogP contribution in [0.4, 0.5) is 0 Å². The van der Waals surface area contributed by atoms with Crippen LogP contribution in [0.2, 0.25) is 0 Å². The molecule has 17 heavy (non-hydrogen) atoms. The highest BCUT2D eigenvalue weighted by Crippen LogP contribution is 2.31. The first-order valence-electron chi connectivity index (χ1n) is 5.92. The van der Waals surface area contributed by atoms with Crippen LogP contribution >= 0.6 is 0 Å². The number of nitrogens with one attached hydrogen (secondary N) is 1. The second kappa shape index (κ2) is 4.60. The number of fused-ring (bicyclic) bond motifs is 1. The maximum atomic E-state index is 5.64. The van der Waals surface area contributed by atoms with E-state index in [1.165, 1.54) is 11.1 Å². The van der Waals surface area contributed by atoms with E-state index in [0.717, 1.165) is 18.9 Å². The molecule has 2 aromatic carbocycles. The van der Waals surface area contributed by atoms with E-state index in [-0.39, 0.29) is 0 Å². The fraction of sp³-hybridized carbons (Fsp3) is 0.200. The Labute approximate surface area is 101 Å². The van der Waals surface area contributed by atoms with Gasteiger partial charge in [-0.3, -0.25) is 0 Å². The van der Waals surface area contributed by atoms with Crippen molar-refractivity contribution in [2.45, 2.75) is 12.6 Å². The van der Waals surface area contributed by atoms with Gasteiger partial charge in [0.2, 0.25) is 0 Å². The molecule has 1 atom stereocenters. The Morgan fingerprint density at radius 2 is 1.76 bits per heavy atom. The van der Waals surface area contributed by atoms with Gasteiger partial charge in [0.1, 0.15) is 12.4 Å². The molecule has 2 heteroatoms. The van der Waals surface area contributed by atoms with Crippen LogP contribution in [0.3, 0.4) is 0 Å². The summed E-state index contributed by atoms with van der Waals surface area (Å²) in [5, 5.41) is 3.53. The van der Waals surface area contributed by atoms with Crippen LogP contribution < -0.4 is 10.1 Å². The van der Waals surface area contributed by atoms with Crippen LogP contribution in [0.15, 0.2) is 54.6 Å². The van der Waals surface area contributed by atoms with E-state index in [9.17, 15) is 0 Å². The molecule has 0 amide bonds. The highest BCUT2D eigenvalue weighted by atomic mass is 16.5. The summed E-state index contributed by atoms with van der Waals surface area (Å²) in [6, 6.07) is 19.0. The quantitative estimate of drug-likeness (QED) is 0.867. The maximum absolute atomic E-state index is 5.64. The number of rotatable bonds is 3. The summed E-state index contributed by atoms with van der Waals surface area (Å²) < 4.78 is 5.64. The molecular weight excluding hydrogens is 210 g/mol. The summed E-state index contributed by atoms with van der Waals surface area (Å²) in [5.41, 5.74) is 2.57. The van der Waals surface area contributed by atoms with Gasteiger partial charge in [-0.25, -0.2) is 0 Å². The molecule has 2 nitrogen and oxygen atoms in total. The average molecular weight is 225 g/mol. The molecule has 0 fully saturated rings. The topological polar surface area (TPSA) is 21.3 Å². The zero-order chi connectivity index (χ0) is 11.5. The first-order chi connectivity index (χ1) is 8.43. The molecule has 0 saturated carbocycles. The fourth-order valence-electron chi connectivity index (χ4n) is 2.17. The molecule has 0 radical (unpaired) electrons. The van der Waals surface area contributed by atoms with E-state index in [0.29, 0.717) is 6.04 Å². The predicted molar refractivity (Wildman–Crippen MR) is 68.0 cm³/mol. The third kappa shape index (κ3) is 2.17. The standard InChI is InChI=1S/C15H15NO/c1-2-6-12(7-3-1)10-16-14-11-17-15-9-5-4-8-13(14)15/h1-9,14,16H,10-11H2. The second-order valence-electron chi connectivity index (χ2n) is 4.27. The Morgan fingerprint density at radius 1 is 1.00 bits per heavy atom. The lowest BCUT2D eigenvalue weighted by Crippen LogP contribution is -2.21. The largest absolute Gasteiger partial charge is 0.491 e. The second-order valence-corrected chi connectivity index (χ2v) is 4.27. The number of benzene rings is 2. The molecule has 1 unspecified atom stereocenters. The number of para-hydroxylation sites is 1. The van der Waals surface area contributed by atoms with E-state index >= 15 is 0 Å². The zero-order valence-electron chi connectivity index (χ0n) is 9.60. The van der Waals surface area contributed by atoms with Crippen molar-refractivity contribution in [2.75, 3.05) is 6.61 Å². The lowest BCUT2D eigenvalue weighted by atomic mass is 10.1. The highest BCUT2D eigenvalue weighted by molar-refractivity contribution is 5.39. The van der Waals surface area contributed by atoms with E-state index in [4.69, 9.17) is 4.74 Å². The maximum Gasteiger partial charge on any atom is 0.124 e. The third-order valence-electron chi connectivity index (χ3n) is 3.10. The fourth-order valence-corrected chi connectivity index (χ4v) is 2.17. The molecule has 1 heterocycles. The Kier molecular flexibility index (Phi) is 2.80. The minimum Gasteiger partial charge on any atom is -0.491 e. The van der Waals surface area contributed by atoms with Gasteiger partial charge < -0.3 is 10.1 Å². The van der Waals surface area contributed by atoms with Crippen LogP contribution in [0.1, 0.15) is 17.2 Å². The van der Waals surface area contributed by atoms with Crippen LogP contribution in [0.5, 0.6) is 5.75 Å². The van der Waals surface area contributed by atoms with Gasteiger partial charge in [-0.1, -0.05) is 48.5 Å². The zero-order valence-corrected chi connectivity index (χ0v) is 9.60. The van der Waals surface area contributed by atoms with Crippen molar-refractivity contribution in [1.29, 1.82) is 0 Å². The monoisotopic (exact) mass is 225 g/mol. The molecule has 86 valence electrons. The molecule has 0 bridgehead atoms. The lowest BCUT2D eigenvalue weighted by molar-refractivity contribution is 0.310. The van der Waals surface area contributed by atoms with E-state index in [1.54, 1.807) is 0 Å². The van der Waals surface area contributed by atoms with Crippen molar-refractivity contribution in [3.8, 4) is 5.75 Å². The minimum absolute atomic E-state index is 0.311. The molecule has 1 N–H and O–H groups in total. The van der Waals surface area contributed by atoms with Crippen LogP contribution in [0, 0.1) is 0 Å². The molecular formula is C15H15NO. The van der Waals surface area contributed by atoms with Crippen molar-refractivity contribution in [1.82, 2.24) is 5.32 Å². The molecule has 0 saturated heterocycles. The van der Waals surface area contributed by atoms with Crippen LogP contribution in [0.25, 0.3) is 0 Å². The lowest BCUT2D eigenvalue weighted by Gasteiger charge is -2.11. The SMILES string of the molecule is c1ccc(CNC2COc3ccccc32)cc1. The number of ether oxygens (including phenoxy) is 1.